The average Bonchev–Trinajstić information content (AvgIpc) is 3.24. The van der Waals surface area contributed by atoms with Gasteiger partial charge in [0, 0.05) is 15.9 Å². The first-order valence-corrected chi connectivity index (χ1v) is 9.67. The first-order chi connectivity index (χ1) is 12.1. The summed E-state index contributed by atoms with van der Waals surface area (Å²) < 4.78 is 6.29. The van der Waals surface area contributed by atoms with Crippen LogP contribution in [0.4, 0.5) is 5.69 Å². The zero-order valence-electron chi connectivity index (χ0n) is 13.2. The lowest BCUT2D eigenvalue weighted by molar-refractivity contribution is -0.117. The molecule has 0 saturated carbocycles. The number of hydrogen-bond acceptors (Lipinski definition) is 4. The monoisotopic (exact) mass is 438 g/mol. The average molecular weight is 440 g/mol. The molecule has 4 nitrogen and oxygen atoms in total. The third-order valence-corrected chi connectivity index (χ3v) is 5.16. The molecule has 0 aliphatic rings. The number of carbonyl (C=O) groups excluding carboxylic acids is 1. The molecule has 0 bridgehead atoms. The van der Waals surface area contributed by atoms with Gasteiger partial charge in [0.1, 0.15) is 5.76 Å². The quantitative estimate of drug-likeness (QED) is 0.536. The van der Waals surface area contributed by atoms with Gasteiger partial charge in [0.05, 0.1) is 30.1 Å². The van der Waals surface area contributed by atoms with Crippen LogP contribution in [0.1, 0.15) is 10.6 Å². The molecule has 0 saturated heterocycles. The van der Waals surface area contributed by atoms with Crippen LogP contribution in [0.2, 0.25) is 5.02 Å². The van der Waals surface area contributed by atoms with Gasteiger partial charge in [-0.15, -0.1) is 11.3 Å². The number of nitrogens with one attached hydrogen (secondary N) is 1. The van der Waals surface area contributed by atoms with Crippen molar-refractivity contribution in [3.63, 3.8) is 0 Å². The number of rotatable bonds is 7. The Morgan fingerprint density at radius 1 is 1.24 bits per heavy atom. The molecule has 7 heteroatoms. The number of amides is 1. The molecule has 1 amide bonds. The van der Waals surface area contributed by atoms with Gasteiger partial charge in [-0.25, -0.2) is 0 Å². The summed E-state index contributed by atoms with van der Waals surface area (Å²) in [6, 6.07) is 13.2. The summed E-state index contributed by atoms with van der Waals surface area (Å²) in [7, 11) is 0. The van der Waals surface area contributed by atoms with Crippen LogP contribution in [0, 0.1) is 0 Å². The number of nitrogens with zero attached hydrogens (tertiary/aromatic N) is 1. The topological polar surface area (TPSA) is 45.5 Å². The van der Waals surface area contributed by atoms with Crippen molar-refractivity contribution in [1.82, 2.24) is 4.90 Å². The Bertz CT molecular complexity index is 785. The molecule has 0 fully saturated rings. The van der Waals surface area contributed by atoms with E-state index in [2.05, 4.69) is 27.3 Å². The second kappa shape index (κ2) is 8.67. The number of thiophene rings is 1. The molecular formula is C18H16BrClN2O2S. The van der Waals surface area contributed by atoms with Crippen LogP contribution in [0.3, 0.4) is 0 Å². The molecule has 1 N–H and O–H groups in total. The summed E-state index contributed by atoms with van der Waals surface area (Å²) in [5.41, 5.74) is 0.601. The lowest BCUT2D eigenvalue weighted by Crippen LogP contribution is -2.32. The molecule has 3 aromatic rings. The Balaban J connectivity index is 1.66. The van der Waals surface area contributed by atoms with Gasteiger partial charge in [-0.2, -0.15) is 0 Å². The Morgan fingerprint density at radius 2 is 2.12 bits per heavy atom. The Morgan fingerprint density at radius 3 is 2.80 bits per heavy atom. The van der Waals surface area contributed by atoms with E-state index in [0.29, 0.717) is 23.8 Å². The fraction of sp³-hybridized carbons (Fsp3) is 0.167. The highest BCUT2D eigenvalue weighted by atomic mass is 79.9. The number of carbonyl (C=O) groups is 1. The minimum absolute atomic E-state index is 0.118. The molecule has 1 aromatic carbocycles. The van der Waals surface area contributed by atoms with Crippen LogP contribution in [0.25, 0.3) is 0 Å². The van der Waals surface area contributed by atoms with Crippen molar-refractivity contribution in [2.24, 2.45) is 0 Å². The van der Waals surface area contributed by atoms with Crippen molar-refractivity contribution in [2.45, 2.75) is 13.1 Å². The lowest BCUT2D eigenvalue weighted by atomic mass is 10.3. The van der Waals surface area contributed by atoms with Crippen LogP contribution < -0.4 is 5.32 Å². The summed E-state index contributed by atoms with van der Waals surface area (Å²) in [4.78, 5) is 15.7. The van der Waals surface area contributed by atoms with Gasteiger partial charge in [0.15, 0.2) is 0 Å². The van der Waals surface area contributed by atoms with Gasteiger partial charge in [-0.1, -0.05) is 33.6 Å². The number of furan rings is 1. The molecule has 25 heavy (non-hydrogen) atoms. The van der Waals surface area contributed by atoms with Crippen LogP contribution in [-0.2, 0) is 17.9 Å². The Labute approximate surface area is 163 Å². The third-order valence-electron chi connectivity index (χ3n) is 3.49. The lowest BCUT2D eigenvalue weighted by Gasteiger charge is -2.20. The highest BCUT2D eigenvalue weighted by Gasteiger charge is 2.15. The van der Waals surface area contributed by atoms with Gasteiger partial charge in [-0.05, 0) is 41.8 Å². The molecule has 0 aliphatic heterocycles. The molecule has 2 aromatic heterocycles. The van der Waals surface area contributed by atoms with Crippen molar-refractivity contribution in [3.05, 3.63) is 74.2 Å². The summed E-state index contributed by atoms with van der Waals surface area (Å²) in [5.74, 6) is 0.707. The second-order valence-corrected chi connectivity index (χ2v) is 7.83. The summed E-state index contributed by atoms with van der Waals surface area (Å²) in [5, 5.41) is 5.40. The van der Waals surface area contributed by atoms with Crippen molar-refractivity contribution < 1.29 is 9.21 Å². The molecule has 130 valence electrons. The summed E-state index contributed by atoms with van der Waals surface area (Å²) >= 11 is 11.2. The zero-order chi connectivity index (χ0) is 17.6. The number of hydrogen-bond donors (Lipinski definition) is 1. The number of halogens is 2. The van der Waals surface area contributed by atoms with Gasteiger partial charge >= 0.3 is 0 Å². The van der Waals surface area contributed by atoms with Crippen LogP contribution >= 0.6 is 38.9 Å². The van der Waals surface area contributed by atoms with E-state index in [1.807, 2.05) is 34.5 Å². The zero-order valence-corrected chi connectivity index (χ0v) is 16.4. The van der Waals surface area contributed by atoms with E-state index in [4.69, 9.17) is 16.0 Å². The van der Waals surface area contributed by atoms with Crippen LogP contribution in [0.5, 0.6) is 0 Å². The maximum Gasteiger partial charge on any atom is 0.238 e. The smallest absolute Gasteiger partial charge is 0.238 e. The van der Waals surface area contributed by atoms with E-state index in [-0.39, 0.29) is 12.5 Å². The van der Waals surface area contributed by atoms with Gasteiger partial charge in [-0.3, -0.25) is 9.69 Å². The van der Waals surface area contributed by atoms with Gasteiger partial charge in [0.2, 0.25) is 5.91 Å². The largest absolute Gasteiger partial charge is 0.468 e. The van der Waals surface area contributed by atoms with Crippen LogP contribution in [0.15, 0.2) is 63.0 Å². The third kappa shape index (κ3) is 5.44. The predicted molar refractivity (Wildman–Crippen MR) is 105 cm³/mol. The van der Waals surface area contributed by atoms with Crippen LogP contribution in [-0.4, -0.2) is 17.4 Å². The van der Waals surface area contributed by atoms with Crippen molar-refractivity contribution >= 4 is 50.5 Å². The van der Waals surface area contributed by atoms with Gasteiger partial charge < -0.3 is 9.73 Å². The second-order valence-electron chi connectivity index (χ2n) is 5.48. The molecular weight excluding hydrogens is 424 g/mol. The highest BCUT2D eigenvalue weighted by Crippen LogP contribution is 2.25. The first kappa shape index (κ1) is 18.2. The predicted octanol–water partition coefficient (Wildman–Crippen LogP) is 5.40. The van der Waals surface area contributed by atoms with E-state index >= 15 is 0 Å². The molecule has 3 rings (SSSR count). The van der Waals surface area contributed by atoms with E-state index in [0.717, 1.165) is 10.2 Å². The van der Waals surface area contributed by atoms with E-state index in [1.165, 1.54) is 4.88 Å². The minimum Gasteiger partial charge on any atom is -0.468 e. The molecule has 2 heterocycles. The number of benzene rings is 1. The first-order valence-electron chi connectivity index (χ1n) is 7.62. The van der Waals surface area contributed by atoms with E-state index in [1.54, 1.807) is 29.7 Å². The minimum atomic E-state index is -0.118. The Hall–Kier alpha value is -1.60. The molecule has 0 radical (unpaired) electrons. The highest BCUT2D eigenvalue weighted by molar-refractivity contribution is 9.10. The summed E-state index contributed by atoms with van der Waals surface area (Å²) in [6.45, 7) is 1.48. The SMILES string of the molecule is O=C(CN(Cc1ccco1)Cc1cccs1)Nc1ccc(Br)cc1Cl. The molecule has 0 atom stereocenters. The normalized spacial score (nSPS) is 11.0. The van der Waals surface area contributed by atoms with E-state index in [9.17, 15) is 4.79 Å². The maximum atomic E-state index is 12.5. The van der Waals surface area contributed by atoms with Crippen molar-refractivity contribution in [3.8, 4) is 0 Å². The van der Waals surface area contributed by atoms with Crippen molar-refractivity contribution in [1.29, 1.82) is 0 Å². The standard InChI is InChI=1S/C18H16BrClN2O2S/c19-13-5-6-17(16(20)9-13)21-18(23)12-22(10-14-3-1-7-24-14)11-15-4-2-8-25-15/h1-9H,10-12H2,(H,21,23). The molecule has 0 unspecified atom stereocenters. The number of anilines is 1. The summed E-state index contributed by atoms with van der Waals surface area (Å²) in [6.07, 6.45) is 1.64. The van der Waals surface area contributed by atoms with Crippen molar-refractivity contribution in [2.75, 3.05) is 11.9 Å². The fourth-order valence-corrected chi connectivity index (χ4v) is 3.86. The fourth-order valence-electron chi connectivity index (χ4n) is 2.40. The van der Waals surface area contributed by atoms with Gasteiger partial charge in [0.25, 0.3) is 0 Å². The Kier molecular flexibility index (Phi) is 6.31. The maximum absolute atomic E-state index is 12.5. The molecule has 0 aliphatic carbocycles. The molecule has 0 spiro atoms. The van der Waals surface area contributed by atoms with E-state index < -0.39 is 0 Å².